The zero-order valence-corrected chi connectivity index (χ0v) is 24.9. The lowest BCUT2D eigenvalue weighted by Gasteiger charge is -2.52. The topological polar surface area (TPSA) is 55.8 Å². The van der Waals surface area contributed by atoms with E-state index in [9.17, 15) is 9.59 Å². The summed E-state index contributed by atoms with van der Waals surface area (Å²) in [5, 5.41) is 0. The SMILES string of the molecule is CC1=C2C[C@H]3C(CC[C@@H]4CC(=O)CC[C@@]43C)[C@@H]2CC[C@]12O[C@@H]1C[C@H](C)CN(C(=O)OCc3ccccc3)[C@H]1[C@H]2C. The summed E-state index contributed by atoms with van der Waals surface area (Å²) in [5.41, 5.74) is 4.21. The van der Waals surface area contributed by atoms with Gasteiger partial charge in [0.15, 0.2) is 0 Å². The van der Waals surface area contributed by atoms with Crippen LogP contribution in [0.25, 0.3) is 0 Å². The first-order chi connectivity index (χ1) is 19.2. The fraction of sp³-hybridized carbons (Fsp3) is 0.714. The third kappa shape index (κ3) is 3.96. The Balaban J connectivity index is 1.15. The first-order valence-electron chi connectivity index (χ1n) is 16.1. The first kappa shape index (κ1) is 26.7. The van der Waals surface area contributed by atoms with Crippen molar-refractivity contribution in [1.29, 1.82) is 0 Å². The number of amides is 1. The van der Waals surface area contributed by atoms with Crippen LogP contribution in [0.1, 0.15) is 91.0 Å². The molecule has 0 bridgehead atoms. The van der Waals surface area contributed by atoms with E-state index >= 15 is 0 Å². The van der Waals surface area contributed by atoms with Gasteiger partial charge in [-0.2, -0.15) is 0 Å². The van der Waals surface area contributed by atoms with Gasteiger partial charge in [0.25, 0.3) is 0 Å². The number of fused-ring (bicyclic) bond motifs is 6. The molecule has 0 aromatic heterocycles. The third-order valence-electron chi connectivity index (χ3n) is 12.8. The second-order valence-corrected chi connectivity index (χ2v) is 14.7. The van der Waals surface area contributed by atoms with Gasteiger partial charge in [0.1, 0.15) is 12.4 Å². The summed E-state index contributed by atoms with van der Waals surface area (Å²) in [4.78, 5) is 27.9. The Labute approximate surface area is 240 Å². The number of ketones is 1. The molecule has 10 atom stereocenters. The predicted molar refractivity (Wildman–Crippen MR) is 154 cm³/mol. The van der Waals surface area contributed by atoms with Crippen molar-refractivity contribution < 1.29 is 19.1 Å². The van der Waals surface area contributed by atoms with E-state index in [1.165, 1.54) is 31.3 Å². The Morgan fingerprint density at radius 3 is 2.70 bits per heavy atom. The summed E-state index contributed by atoms with van der Waals surface area (Å²) in [5.74, 6) is 3.83. The maximum absolute atomic E-state index is 13.5. The number of allylic oxidation sites excluding steroid dienone is 1. The van der Waals surface area contributed by atoms with Crippen molar-refractivity contribution in [2.75, 3.05) is 6.54 Å². The van der Waals surface area contributed by atoms with Crippen molar-refractivity contribution in [3.8, 4) is 0 Å². The number of nitrogens with zero attached hydrogens (tertiary/aromatic N) is 1. The van der Waals surface area contributed by atoms with Crippen LogP contribution in [-0.4, -0.2) is 41.1 Å². The Hall–Kier alpha value is -2.14. The second-order valence-electron chi connectivity index (χ2n) is 14.7. The highest BCUT2D eigenvalue weighted by molar-refractivity contribution is 5.79. The van der Waals surface area contributed by atoms with Gasteiger partial charge in [-0.15, -0.1) is 0 Å². The van der Waals surface area contributed by atoms with Gasteiger partial charge in [0.05, 0.1) is 17.7 Å². The minimum absolute atomic E-state index is 0.0570. The summed E-state index contributed by atoms with van der Waals surface area (Å²) in [7, 11) is 0. The molecule has 5 fully saturated rings. The van der Waals surface area contributed by atoms with Crippen molar-refractivity contribution in [2.24, 2.45) is 40.9 Å². The van der Waals surface area contributed by atoms with Gasteiger partial charge in [0.2, 0.25) is 0 Å². The van der Waals surface area contributed by atoms with E-state index in [1.54, 1.807) is 5.57 Å². The molecule has 4 aliphatic carbocycles. The van der Waals surface area contributed by atoms with Crippen molar-refractivity contribution in [3.63, 3.8) is 0 Å². The summed E-state index contributed by atoms with van der Waals surface area (Å²) in [6.45, 7) is 10.5. The highest BCUT2D eigenvalue weighted by Crippen LogP contribution is 2.66. The minimum Gasteiger partial charge on any atom is -0.445 e. The maximum Gasteiger partial charge on any atom is 0.410 e. The van der Waals surface area contributed by atoms with Gasteiger partial charge in [0, 0.05) is 25.3 Å². The third-order valence-corrected chi connectivity index (χ3v) is 12.8. The molecule has 1 unspecified atom stereocenters. The molecule has 216 valence electrons. The zero-order valence-electron chi connectivity index (χ0n) is 24.9. The Bertz CT molecular complexity index is 1210. The van der Waals surface area contributed by atoms with E-state index in [4.69, 9.17) is 9.47 Å². The average Bonchev–Trinajstić information content (AvgIpc) is 3.47. The number of hydrogen-bond donors (Lipinski definition) is 0. The quantitative estimate of drug-likeness (QED) is 0.365. The standard InChI is InChI=1S/C35H47NO4/c1-21-16-31-32(36(19-21)33(38)39-20-24-8-6-5-7-9-24)23(3)35(40-31)15-13-27-28-11-10-25-17-26(37)12-14-34(25,4)30(28)18-29(27)22(35)2/h5-9,21,23,25,27-28,30-32H,10-20H2,1-4H3/t21-,23+,25+,27-,28?,30-,31+,32-,34-,35-/m0/s1. The number of ether oxygens (including phenoxy) is 2. The van der Waals surface area contributed by atoms with Crippen LogP contribution in [0.3, 0.4) is 0 Å². The molecule has 0 radical (unpaired) electrons. The van der Waals surface area contributed by atoms with Crippen molar-refractivity contribution in [3.05, 3.63) is 47.0 Å². The lowest BCUT2D eigenvalue weighted by molar-refractivity contribution is -0.129. The van der Waals surface area contributed by atoms with Gasteiger partial charge < -0.3 is 14.4 Å². The highest BCUT2D eigenvalue weighted by Gasteiger charge is 2.63. The number of likely N-dealkylation sites (tertiary alicyclic amines) is 1. The molecule has 0 N–H and O–H groups in total. The zero-order chi connectivity index (χ0) is 27.8. The maximum atomic E-state index is 13.5. The number of carbonyl (C=O) groups excluding carboxylic acids is 2. The van der Waals surface area contributed by atoms with Crippen LogP contribution in [0.2, 0.25) is 0 Å². The molecular formula is C35H47NO4. The van der Waals surface area contributed by atoms with E-state index in [0.717, 1.165) is 50.1 Å². The fourth-order valence-corrected chi connectivity index (χ4v) is 10.7. The van der Waals surface area contributed by atoms with Gasteiger partial charge >= 0.3 is 6.09 Å². The lowest BCUT2D eigenvalue weighted by atomic mass is 9.52. The summed E-state index contributed by atoms with van der Waals surface area (Å²) < 4.78 is 13.1. The van der Waals surface area contributed by atoms with E-state index in [1.807, 2.05) is 35.2 Å². The van der Waals surface area contributed by atoms with Crippen LogP contribution in [0, 0.1) is 40.9 Å². The Morgan fingerprint density at radius 2 is 1.90 bits per heavy atom. The molecule has 2 saturated heterocycles. The molecule has 5 heteroatoms. The van der Waals surface area contributed by atoms with Crippen molar-refractivity contribution in [1.82, 2.24) is 4.90 Å². The van der Waals surface area contributed by atoms with Crippen LogP contribution in [-0.2, 0) is 20.9 Å². The minimum atomic E-state index is -0.278. The molecule has 40 heavy (non-hydrogen) atoms. The molecule has 3 saturated carbocycles. The number of hydrogen-bond acceptors (Lipinski definition) is 4. The van der Waals surface area contributed by atoms with E-state index in [0.29, 0.717) is 41.5 Å². The van der Waals surface area contributed by atoms with Crippen molar-refractivity contribution in [2.45, 2.75) is 110 Å². The summed E-state index contributed by atoms with van der Waals surface area (Å²) >= 11 is 0. The van der Waals surface area contributed by atoms with Gasteiger partial charge in [-0.25, -0.2) is 4.79 Å². The predicted octanol–water partition coefficient (Wildman–Crippen LogP) is 7.34. The number of benzene rings is 1. The number of Topliss-reactive ketones (excluding diaryl/α,β-unsaturated/α-hetero) is 1. The monoisotopic (exact) mass is 545 g/mol. The van der Waals surface area contributed by atoms with Crippen molar-refractivity contribution >= 4 is 11.9 Å². The number of rotatable bonds is 2. The number of piperidine rings is 1. The molecule has 5 nitrogen and oxygen atoms in total. The lowest BCUT2D eigenvalue weighted by Crippen LogP contribution is -2.54. The molecule has 1 spiro atoms. The van der Waals surface area contributed by atoms with Crippen LogP contribution >= 0.6 is 0 Å². The summed E-state index contributed by atoms with van der Waals surface area (Å²) in [6, 6.07) is 10.0. The second kappa shape index (κ2) is 9.71. The molecule has 1 aromatic carbocycles. The highest BCUT2D eigenvalue weighted by atomic mass is 16.6. The largest absolute Gasteiger partial charge is 0.445 e. The normalized spacial score (nSPS) is 44.2. The van der Waals surface area contributed by atoms with Crippen LogP contribution < -0.4 is 0 Å². The number of carbonyl (C=O) groups is 2. The molecule has 2 heterocycles. The van der Waals surface area contributed by atoms with E-state index < -0.39 is 0 Å². The van der Waals surface area contributed by atoms with Crippen LogP contribution in [0.15, 0.2) is 41.5 Å². The smallest absolute Gasteiger partial charge is 0.410 e. The first-order valence-corrected chi connectivity index (χ1v) is 16.1. The van der Waals surface area contributed by atoms with Gasteiger partial charge in [-0.3, -0.25) is 4.79 Å². The Kier molecular flexibility index (Phi) is 6.49. The molecule has 6 aliphatic rings. The van der Waals surface area contributed by atoms with Gasteiger partial charge in [-0.1, -0.05) is 56.7 Å². The molecule has 1 aromatic rings. The summed E-state index contributed by atoms with van der Waals surface area (Å²) in [6.07, 6.45) is 9.50. The van der Waals surface area contributed by atoms with Gasteiger partial charge in [-0.05, 0) is 98.0 Å². The van der Waals surface area contributed by atoms with Crippen LogP contribution in [0.4, 0.5) is 4.79 Å². The molecular weight excluding hydrogens is 498 g/mol. The fourth-order valence-electron chi connectivity index (χ4n) is 10.7. The van der Waals surface area contributed by atoms with E-state index in [-0.39, 0.29) is 29.8 Å². The molecule has 7 rings (SSSR count). The Morgan fingerprint density at radius 1 is 1.10 bits per heavy atom. The molecule has 2 aliphatic heterocycles. The van der Waals surface area contributed by atoms with Crippen LogP contribution in [0.5, 0.6) is 0 Å². The molecule has 1 amide bonds. The average molecular weight is 546 g/mol. The van der Waals surface area contributed by atoms with E-state index in [2.05, 4.69) is 27.7 Å².